The maximum absolute atomic E-state index is 12.4. The van der Waals surface area contributed by atoms with Crippen LogP contribution in [-0.4, -0.2) is 53.6 Å². The highest BCUT2D eigenvalue weighted by atomic mass is 16.1. The molecule has 2 aromatic heterocycles. The Bertz CT molecular complexity index is 876. The number of anilines is 2. The number of aromatic nitrogens is 4. The van der Waals surface area contributed by atoms with Gasteiger partial charge in [-0.1, -0.05) is 0 Å². The summed E-state index contributed by atoms with van der Waals surface area (Å²) in [4.78, 5) is 29.2. The highest BCUT2D eigenvalue weighted by Gasteiger charge is 2.11. The van der Waals surface area contributed by atoms with E-state index in [9.17, 15) is 4.79 Å². The van der Waals surface area contributed by atoms with Crippen molar-refractivity contribution in [3.63, 3.8) is 0 Å². The standard InChI is InChI=1S/C19H23N7O/c1-24(2)18-21-16(22-19(23-18)25(3)4)13-20-17(27)14-7-9-15(10-8-14)26-11-5-6-12-26/h5-12H,13H2,1-4H3,(H,20,27). The van der Waals surface area contributed by atoms with Gasteiger partial charge in [0.15, 0.2) is 5.82 Å². The van der Waals surface area contributed by atoms with E-state index in [0.717, 1.165) is 5.69 Å². The minimum Gasteiger partial charge on any atom is -0.347 e. The summed E-state index contributed by atoms with van der Waals surface area (Å²) < 4.78 is 1.98. The summed E-state index contributed by atoms with van der Waals surface area (Å²) in [6.45, 7) is 0.225. The van der Waals surface area contributed by atoms with Gasteiger partial charge in [0.05, 0.1) is 6.54 Å². The van der Waals surface area contributed by atoms with Gasteiger partial charge in [-0.15, -0.1) is 0 Å². The molecule has 0 aliphatic rings. The fourth-order valence-electron chi connectivity index (χ4n) is 2.43. The summed E-state index contributed by atoms with van der Waals surface area (Å²) in [5, 5.41) is 2.87. The Morgan fingerprint density at radius 1 is 0.926 bits per heavy atom. The molecule has 0 aliphatic carbocycles. The summed E-state index contributed by atoms with van der Waals surface area (Å²) in [6.07, 6.45) is 3.92. The summed E-state index contributed by atoms with van der Waals surface area (Å²) in [7, 11) is 7.46. The van der Waals surface area contributed by atoms with Crippen molar-refractivity contribution in [3.8, 4) is 5.69 Å². The van der Waals surface area contributed by atoms with Crippen molar-refractivity contribution in [1.29, 1.82) is 0 Å². The molecule has 0 atom stereocenters. The van der Waals surface area contributed by atoms with Gasteiger partial charge in [-0.2, -0.15) is 15.0 Å². The first kappa shape index (κ1) is 18.4. The molecule has 2 heterocycles. The molecule has 27 heavy (non-hydrogen) atoms. The SMILES string of the molecule is CN(C)c1nc(CNC(=O)c2ccc(-n3cccc3)cc2)nc(N(C)C)n1. The molecule has 0 spiro atoms. The Morgan fingerprint density at radius 3 is 2.00 bits per heavy atom. The van der Waals surface area contributed by atoms with E-state index in [-0.39, 0.29) is 12.5 Å². The van der Waals surface area contributed by atoms with Gasteiger partial charge in [0.1, 0.15) is 0 Å². The van der Waals surface area contributed by atoms with Crippen LogP contribution in [0.4, 0.5) is 11.9 Å². The number of rotatable bonds is 6. The summed E-state index contributed by atoms with van der Waals surface area (Å²) in [5.74, 6) is 1.44. The first-order valence-corrected chi connectivity index (χ1v) is 8.55. The zero-order valence-electron chi connectivity index (χ0n) is 15.9. The molecule has 0 bridgehead atoms. The molecule has 1 aromatic carbocycles. The van der Waals surface area contributed by atoms with E-state index < -0.39 is 0 Å². The summed E-state index contributed by atoms with van der Waals surface area (Å²) in [6, 6.07) is 11.3. The number of benzene rings is 1. The molecule has 0 unspecified atom stereocenters. The molecule has 0 radical (unpaired) electrons. The molecule has 140 valence electrons. The predicted octanol–water partition coefficient (Wildman–Crippen LogP) is 1.72. The van der Waals surface area contributed by atoms with Crippen LogP contribution in [0.25, 0.3) is 5.69 Å². The van der Waals surface area contributed by atoms with E-state index >= 15 is 0 Å². The highest BCUT2D eigenvalue weighted by molar-refractivity contribution is 5.94. The van der Waals surface area contributed by atoms with Gasteiger partial charge in [0.25, 0.3) is 5.91 Å². The molecule has 3 aromatic rings. The average Bonchev–Trinajstić information content (AvgIpc) is 3.20. The van der Waals surface area contributed by atoms with Crippen LogP contribution in [0.5, 0.6) is 0 Å². The fourth-order valence-corrected chi connectivity index (χ4v) is 2.43. The molecule has 1 amide bonds. The molecule has 0 saturated heterocycles. The van der Waals surface area contributed by atoms with Gasteiger partial charge < -0.3 is 19.7 Å². The largest absolute Gasteiger partial charge is 0.347 e. The smallest absolute Gasteiger partial charge is 0.251 e. The first-order valence-electron chi connectivity index (χ1n) is 8.55. The van der Waals surface area contributed by atoms with Crippen LogP contribution in [0.3, 0.4) is 0 Å². The van der Waals surface area contributed by atoms with Gasteiger partial charge in [0, 0.05) is 51.8 Å². The molecule has 0 aliphatic heterocycles. The molecule has 8 heteroatoms. The lowest BCUT2D eigenvalue weighted by atomic mass is 10.2. The molecule has 3 rings (SSSR count). The molecule has 0 saturated carbocycles. The number of hydrogen-bond donors (Lipinski definition) is 1. The summed E-state index contributed by atoms with van der Waals surface area (Å²) >= 11 is 0. The van der Waals surface area contributed by atoms with Crippen LogP contribution in [0.1, 0.15) is 16.2 Å². The monoisotopic (exact) mass is 365 g/mol. The van der Waals surface area contributed by atoms with E-state index in [1.54, 1.807) is 21.9 Å². The quantitative estimate of drug-likeness (QED) is 0.717. The van der Waals surface area contributed by atoms with Crippen molar-refractivity contribution in [3.05, 3.63) is 60.2 Å². The van der Waals surface area contributed by atoms with Crippen molar-refractivity contribution in [2.45, 2.75) is 6.54 Å². The second kappa shape index (κ2) is 7.86. The maximum Gasteiger partial charge on any atom is 0.251 e. The van der Waals surface area contributed by atoms with Crippen LogP contribution in [0.15, 0.2) is 48.8 Å². The summed E-state index contributed by atoms with van der Waals surface area (Å²) in [5.41, 5.74) is 1.58. The lowest BCUT2D eigenvalue weighted by molar-refractivity contribution is 0.0950. The third-order valence-electron chi connectivity index (χ3n) is 3.90. The zero-order chi connectivity index (χ0) is 19.4. The third-order valence-corrected chi connectivity index (χ3v) is 3.90. The van der Waals surface area contributed by atoms with Crippen molar-refractivity contribution in [1.82, 2.24) is 24.8 Å². The van der Waals surface area contributed by atoms with Crippen molar-refractivity contribution in [2.75, 3.05) is 38.0 Å². The van der Waals surface area contributed by atoms with Crippen LogP contribution in [0, 0.1) is 0 Å². The molecular weight excluding hydrogens is 342 g/mol. The number of carbonyl (C=O) groups is 1. The minimum absolute atomic E-state index is 0.174. The van der Waals surface area contributed by atoms with Crippen LogP contribution >= 0.6 is 0 Å². The minimum atomic E-state index is -0.174. The number of carbonyl (C=O) groups excluding carboxylic acids is 1. The Hall–Kier alpha value is -3.42. The maximum atomic E-state index is 12.4. The molecule has 0 fully saturated rings. The Kier molecular flexibility index (Phi) is 5.35. The van der Waals surface area contributed by atoms with Crippen LogP contribution in [0.2, 0.25) is 0 Å². The van der Waals surface area contributed by atoms with Crippen LogP contribution < -0.4 is 15.1 Å². The Morgan fingerprint density at radius 2 is 1.48 bits per heavy atom. The van der Waals surface area contributed by atoms with Gasteiger partial charge in [0.2, 0.25) is 11.9 Å². The van der Waals surface area contributed by atoms with Crippen molar-refractivity contribution < 1.29 is 4.79 Å². The van der Waals surface area contributed by atoms with Gasteiger partial charge in [-0.3, -0.25) is 4.79 Å². The van der Waals surface area contributed by atoms with E-state index in [0.29, 0.717) is 23.3 Å². The average molecular weight is 365 g/mol. The third kappa shape index (κ3) is 4.41. The second-order valence-corrected chi connectivity index (χ2v) is 6.46. The highest BCUT2D eigenvalue weighted by Crippen LogP contribution is 2.12. The van der Waals surface area contributed by atoms with E-state index in [2.05, 4.69) is 20.3 Å². The fraction of sp³-hybridized carbons (Fsp3) is 0.263. The normalized spacial score (nSPS) is 10.5. The predicted molar refractivity (Wildman–Crippen MR) is 105 cm³/mol. The zero-order valence-corrected chi connectivity index (χ0v) is 15.9. The van der Waals surface area contributed by atoms with E-state index in [1.165, 1.54) is 0 Å². The number of nitrogens with one attached hydrogen (secondary N) is 1. The van der Waals surface area contributed by atoms with Crippen molar-refractivity contribution >= 4 is 17.8 Å². The van der Waals surface area contributed by atoms with Gasteiger partial charge in [-0.05, 0) is 36.4 Å². The number of nitrogens with zero attached hydrogens (tertiary/aromatic N) is 6. The van der Waals surface area contributed by atoms with Crippen LogP contribution in [-0.2, 0) is 6.54 Å². The molecule has 1 N–H and O–H groups in total. The lowest BCUT2D eigenvalue weighted by Crippen LogP contribution is -2.26. The van der Waals surface area contributed by atoms with Crippen molar-refractivity contribution in [2.24, 2.45) is 0 Å². The lowest BCUT2D eigenvalue weighted by Gasteiger charge is -2.16. The van der Waals surface area contributed by atoms with Gasteiger partial charge in [-0.25, -0.2) is 0 Å². The Balaban J connectivity index is 1.70. The Labute approximate surface area is 158 Å². The number of hydrogen-bond acceptors (Lipinski definition) is 6. The first-order chi connectivity index (χ1) is 12.9. The van der Waals surface area contributed by atoms with E-state index in [4.69, 9.17) is 0 Å². The van der Waals surface area contributed by atoms with E-state index in [1.807, 2.05) is 69.4 Å². The molecular formula is C19H23N7O. The van der Waals surface area contributed by atoms with Gasteiger partial charge >= 0.3 is 0 Å². The topological polar surface area (TPSA) is 79.2 Å². The number of amides is 1. The second-order valence-electron chi connectivity index (χ2n) is 6.46. The molecule has 8 nitrogen and oxygen atoms in total.